The Bertz CT molecular complexity index is 742. The predicted octanol–water partition coefficient (Wildman–Crippen LogP) is 3.46. The van der Waals surface area contributed by atoms with Crippen molar-refractivity contribution in [3.63, 3.8) is 0 Å². The summed E-state index contributed by atoms with van der Waals surface area (Å²) < 4.78 is 2.23. The third kappa shape index (κ3) is 2.20. The van der Waals surface area contributed by atoms with E-state index < -0.39 is 0 Å². The van der Waals surface area contributed by atoms with Gasteiger partial charge in [-0.15, -0.1) is 0 Å². The van der Waals surface area contributed by atoms with Crippen molar-refractivity contribution in [2.45, 2.75) is 33.7 Å². The number of hydrogen-bond donors (Lipinski definition) is 0. The highest BCUT2D eigenvalue weighted by Crippen LogP contribution is 2.20. The molecule has 0 saturated carbocycles. The van der Waals surface area contributed by atoms with Gasteiger partial charge in [-0.1, -0.05) is 31.2 Å². The van der Waals surface area contributed by atoms with Crippen LogP contribution in [0.1, 0.15) is 29.6 Å². The Morgan fingerprint density at radius 2 is 1.90 bits per heavy atom. The fourth-order valence-electron chi connectivity index (χ4n) is 2.59. The van der Waals surface area contributed by atoms with Crippen molar-refractivity contribution in [3.8, 4) is 0 Å². The van der Waals surface area contributed by atoms with Gasteiger partial charge in [-0.25, -0.2) is 9.97 Å². The fourth-order valence-corrected chi connectivity index (χ4v) is 2.59. The number of fused-ring (bicyclic) bond motifs is 1. The highest BCUT2D eigenvalue weighted by atomic mass is 15.1. The second-order valence-corrected chi connectivity index (χ2v) is 5.13. The maximum Gasteiger partial charge on any atom is 0.160 e. The van der Waals surface area contributed by atoms with Gasteiger partial charge in [0.15, 0.2) is 5.65 Å². The van der Waals surface area contributed by atoms with Crippen LogP contribution in [0.4, 0.5) is 0 Å². The normalized spacial score (nSPS) is 11.2. The van der Waals surface area contributed by atoms with Crippen LogP contribution >= 0.6 is 0 Å². The summed E-state index contributed by atoms with van der Waals surface area (Å²) in [5, 5.41) is 0. The number of benzene rings is 1. The van der Waals surface area contributed by atoms with Crippen molar-refractivity contribution in [3.05, 3.63) is 59.0 Å². The summed E-state index contributed by atoms with van der Waals surface area (Å²) in [7, 11) is 0. The molecule has 2 heterocycles. The molecule has 0 N–H and O–H groups in total. The van der Waals surface area contributed by atoms with Crippen molar-refractivity contribution in [1.29, 1.82) is 0 Å². The Labute approximate surface area is 119 Å². The quantitative estimate of drug-likeness (QED) is 0.725. The molecule has 1 aromatic carbocycles. The monoisotopic (exact) mass is 264 g/mol. The number of hydrogen-bond acceptors (Lipinski definition) is 2. The van der Waals surface area contributed by atoms with Gasteiger partial charge in [-0.2, -0.15) is 0 Å². The summed E-state index contributed by atoms with van der Waals surface area (Å²) in [6.07, 6.45) is 0.911. The number of pyridine rings is 1. The van der Waals surface area contributed by atoms with E-state index in [4.69, 9.17) is 9.97 Å². The van der Waals surface area contributed by atoms with Crippen LogP contribution in [0.2, 0.25) is 0 Å². The number of imidazole rings is 1. The molecule has 0 aliphatic carbocycles. The smallest absolute Gasteiger partial charge is 0.160 e. The van der Waals surface area contributed by atoms with Gasteiger partial charge in [0, 0.05) is 12.1 Å². The number of rotatable bonds is 3. The maximum absolute atomic E-state index is 4.76. The summed E-state index contributed by atoms with van der Waals surface area (Å²) in [5.74, 6) is 1.09. The SMILES string of the molecule is CCc1nc2c(C)cc(C)nc2n1Cc1cc[c]cc1. The van der Waals surface area contributed by atoms with Crippen LogP contribution in [0.25, 0.3) is 11.2 Å². The molecule has 101 valence electrons. The molecular weight excluding hydrogens is 246 g/mol. The molecule has 3 aromatic rings. The van der Waals surface area contributed by atoms with E-state index >= 15 is 0 Å². The van der Waals surface area contributed by atoms with Crippen LogP contribution in [-0.4, -0.2) is 14.5 Å². The molecule has 2 aromatic heterocycles. The van der Waals surface area contributed by atoms with E-state index in [9.17, 15) is 0 Å². The number of aromatic nitrogens is 3. The molecule has 0 bridgehead atoms. The maximum atomic E-state index is 4.76. The molecule has 0 amide bonds. The summed E-state index contributed by atoms with van der Waals surface area (Å²) in [6.45, 7) is 7.08. The Morgan fingerprint density at radius 1 is 1.15 bits per heavy atom. The molecule has 1 radical (unpaired) electrons. The lowest BCUT2D eigenvalue weighted by Crippen LogP contribution is -2.05. The van der Waals surface area contributed by atoms with Gasteiger partial charge >= 0.3 is 0 Å². The summed E-state index contributed by atoms with van der Waals surface area (Å²) >= 11 is 0. The van der Waals surface area contributed by atoms with E-state index in [1.807, 2.05) is 19.1 Å². The first kappa shape index (κ1) is 12.9. The van der Waals surface area contributed by atoms with Crippen molar-refractivity contribution >= 4 is 11.2 Å². The Morgan fingerprint density at radius 3 is 2.60 bits per heavy atom. The van der Waals surface area contributed by atoms with Crippen LogP contribution in [0, 0.1) is 19.9 Å². The first-order chi connectivity index (χ1) is 9.69. The molecule has 0 atom stereocenters. The molecular formula is C17H18N3. The van der Waals surface area contributed by atoms with Crippen molar-refractivity contribution in [2.75, 3.05) is 0 Å². The molecule has 0 aliphatic rings. The lowest BCUT2D eigenvalue weighted by atomic mass is 10.2. The fraction of sp³-hybridized carbons (Fsp3) is 0.294. The Kier molecular flexibility index (Phi) is 3.26. The predicted molar refractivity (Wildman–Crippen MR) is 80.8 cm³/mol. The molecule has 0 fully saturated rings. The third-order valence-corrected chi connectivity index (χ3v) is 3.55. The van der Waals surface area contributed by atoms with Gasteiger partial charge in [0.2, 0.25) is 0 Å². The van der Waals surface area contributed by atoms with E-state index in [1.54, 1.807) is 0 Å². The van der Waals surface area contributed by atoms with E-state index in [0.717, 1.165) is 35.6 Å². The molecule has 0 spiro atoms. The topological polar surface area (TPSA) is 30.7 Å². The first-order valence-electron chi connectivity index (χ1n) is 6.97. The minimum atomic E-state index is 0.810. The number of aryl methyl sites for hydroxylation is 3. The zero-order valence-electron chi connectivity index (χ0n) is 12.1. The summed E-state index contributed by atoms with van der Waals surface area (Å²) in [4.78, 5) is 9.45. The van der Waals surface area contributed by atoms with E-state index in [-0.39, 0.29) is 0 Å². The van der Waals surface area contributed by atoms with Gasteiger partial charge in [0.25, 0.3) is 0 Å². The van der Waals surface area contributed by atoms with Gasteiger partial charge in [-0.3, -0.25) is 0 Å². The average Bonchev–Trinajstić information content (AvgIpc) is 2.78. The highest BCUT2D eigenvalue weighted by molar-refractivity contribution is 5.76. The average molecular weight is 264 g/mol. The van der Waals surface area contributed by atoms with Gasteiger partial charge in [-0.05, 0) is 37.1 Å². The molecule has 3 heteroatoms. The third-order valence-electron chi connectivity index (χ3n) is 3.55. The van der Waals surface area contributed by atoms with Crippen LogP contribution in [0.5, 0.6) is 0 Å². The van der Waals surface area contributed by atoms with Crippen molar-refractivity contribution in [1.82, 2.24) is 14.5 Å². The lowest BCUT2D eigenvalue weighted by molar-refractivity contribution is 0.745. The lowest BCUT2D eigenvalue weighted by Gasteiger charge is -2.08. The zero-order chi connectivity index (χ0) is 14.1. The zero-order valence-corrected chi connectivity index (χ0v) is 12.1. The molecule has 0 unspecified atom stereocenters. The second-order valence-electron chi connectivity index (χ2n) is 5.13. The van der Waals surface area contributed by atoms with Gasteiger partial charge < -0.3 is 4.57 Å². The standard InChI is InChI=1S/C17H18N3/c1-4-15-19-16-12(2)10-13(3)18-17(16)20(15)11-14-8-6-5-7-9-14/h6-10H,4,11H2,1-3H3. The van der Waals surface area contributed by atoms with Crippen LogP contribution < -0.4 is 0 Å². The van der Waals surface area contributed by atoms with Crippen LogP contribution in [0.15, 0.2) is 30.3 Å². The highest BCUT2D eigenvalue weighted by Gasteiger charge is 2.13. The Hall–Kier alpha value is -2.16. The van der Waals surface area contributed by atoms with Crippen molar-refractivity contribution < 1.29 is 0 Å². The molecule has 0 saturated heterocycles. The first-order valence-corrected chi connectivity index (χ1v) is 6.97. The van der Waals surface area contributed by atoms with Gasteiger partial charge in [0.05, 0.1) is 6.54 Å². The van der Waals surface area contributed by atoms with E-state index in [1.165, 1.54) is 11.1 Å². The number of nitrogens with zero attached hydrogens (tertiary/aromatic N) is 3. The van der Waals surface area contributed by atoms with Crippen LogP contribution in [-0.2, 0) is 13.0 Å². The molecule has 3 nitrogen and oxygen atoms in total. The van der Waals surface area contributed by atoms with E-state index in [0.29, 0.717) is 0 Å². The minimum absolute atomic E-state index is 0.810. The largest absolute Gasteiger partial charge is 0.308 e. The van der Waals surface area contributed by atoms with Crippen molar-refractivity contribution in [2.24, 2.45) is 0 Å². The molecule has 20 heavy (non-hydrogen) atoms. The van der Waals surface area contributed by atoms with Gasteiger partial charge in [0.1, 0.15) is 11.3 Å². The molecule has 0 aliphatic heterocycles. The summed E-state index contributed by atoms with van der Waals surface area (Å²) in [5.41, 5.74) is 5.50. The van der Waals surface area contributed by atoms with Crippen LogP contribution in [0.3, 0.4) is 0 Å². The van der Waals surface area contributed by atoms with E-state index in [2.05, 4.69) is 42.7 Å². The molecule has 3 rings (SSSR count). The summed E-state index contributed by atoms with van der Waals surface area (Å²) in [6, 6.07) is 13.2. The Balaban J connectivity index is 2.17. The minimum Gasteiger partial charge on any atom is -0.308 e. The second kappa shape index (κ2) is 5.08.